The molecule has 1 aromatic carbocycles. The molecule has 0 saturated heterocycles. The van der Waals surface area contributed by atoms with Gasteiger partial charge >= 0.3 is 0 Å². The van der Waals surface area contributed by atoms with Gasteiger partial charge in [-0.15, -0.1) is 0 Å². The topological polar surface area (TPSA) is 75.7 Å². The predicted octanol–water partition coefficient (Wildman–Crippen LogP) is 2.23. The van der Waals surface area contributed by atoms with Crippen molar-refractivity contribution in [2.45, 2.75) is 38.1 Å². The smallest absolute Gasteiger partial charge is 0.225 e. The highest BCUT2D eigenvalue weighted by atomic mass is 32.2. The first-order valence-corrected chi connectivity index (χ1v) is 9.65. The molecule has 0 heterocycles. The fourth-order valence-corrected chi connectivity index (χ4v) is 4.10. The van der Waals surface area contributed by atoms with Gasteiger partial charge in [-0.05, 0) is 37.1 Å². The molecule has 0 aromatic heterocycles. The van der Waals surface area contributed by atoms with Gasteiger partial charge < -0.3 is 10.1 Å². The van der Waals surface area contributed by atoms with E-state index in [0.29, 0.717) is 11.4 Å². The molecular formula is C16H24N2O4S. The predicted molar refractivity (Wildman–Crippen MR) is 90.0 cm³/mol. The van der Waals surface area contributed by atoms with E-state index in [0.717, 1.165) is 25.7 Å². The van der Waals surface area contributed by atoms with Crippen molar-refractivity contribution in [2.75, 3.05) is 25.2 Å². The summed E-state index contributed by atoms with van der Waals surface area (Å²) in [5.41, 5.74) is 0.669. The van der Waals surface area contributed by atoms with Crippen molar-refractivity contribution in [1.29, 1.82) is 0 Å². The molecule has 1 aliphatic carbocycles. The van der Waals surface area contributed by atoms with Crippen LogP contribution in [0.15, 0.2) is 24.3 Å². The monoisotopic (exact) mass is 340 g/mol. The van der Waals surface area contributed by atoms with Crippen LogP contribution in [0.1, 0.15) is 32.1 Å². The van der Waals surface area contributed by atoms with E-state index >= 15 is 0 Å². The Labute approximate surface area is 137 Å². The van der Waals surface area contributed by atoms with E-state index in [9.17, 15) is 13.2 Å². The van der Waals surface area contributed by atoms with Crippen molar-refractivity contribution in [3.8, 4) is 5.75 Å². The molecule has 0 spiro atoms. The van der Waals surface area contributed by atoms with Gasteiger partial charge in [-0.3, -0.25) is 4.79 Å². The second kappa shape index (κ2) is 7.79. The molecule has 0 unspecified atom stereocenters. The highest BCUT2D eigenvalue weighted by Crippen LogP contribution is 2.25. The molecule has 128 valence electrons. The maximum atomic E-state index is 12.0. The van der Waals surface area contributed by atoms with Crippen LogP contribution in [0.3, 0.4) is 0 Å². The van der Waals surface area contributed by atoms with E-state index in [-0.39, 0.29) is 24.9 Å². The molecule has 2 rings (SSSR count). The number of amides is 1. The third-order valence-corrected chi connectivity index (χ3v) is 5.42. The second-order valence-electron chi connectivity index (χ2n) is 5.84. The number of nitrogens with one attached hydrogen (secondary N) is 1. The van der Waals surface area contributed by atoms with Gasteiger partial charge in [0.1, 0.15) is 5.75 Å². The van der Waals surface area contributed by atoms with Crippen LogP contribution in [-0.2, 0) is 14.8 Å². The van der Waals surface area contributed by atoms with Crippen LogP contribution < -0.4 is 10.1 Å². The fraction of sp³-hybridized carbons (Fsp3) is 0.562. The van der Waals surface area contributed by atoms with Crippen LogP contribution in [0.25, 0.3) is 0 Å². The van der Waals surface area contributed by atoms with Crippen LogP contribution in [0.4, 0.5) is 5.69 Å². The van der Waals surface area contributed by atoms with Crippen LogP contribution in [0.2, 0.25) is 0 Å². The second-order valence-corrected chi connectivity index (χ2v) is 7.77. The zero-order chi connectivity index (χ0) is 16.9. The molecule has 7 heteroatoms. The lowest BCUT2D eigenvalue weighted by Crippen LogP contribution is -2.39. The Bertz CT molecular complexity index is 622. The number of benzene rings is 1. The van der Waals surface area contributed by atoms with Gasteiger partial charge in [0.15, 0.2) is 0 Å². The van der Waals surface area contributed by atoms with Crippen molar-refractivity contribution in [2.24, 2.45) is 0 Å². The van der Waals surface area contributed by atoms with Gasteiger partial charge in [0.2, 0.25) is 15.9 Å². The first-order chi connectivity index (χ1) is 10.9. The Balaban J connectivity index is 1.90. The minimum atomic E-state index is -3.29. The molecule has 0 atom stereocenters. The number of rotatable bonds is 7. The van der Waals surface area contributed by atoms with Gasteiger partial charge in [0.25, 0.3) is 0 Å². The largest absolute Gasteiger partial charge is 0.497 e. The highest BCUT2D eigenvalue weighted by Gasteiger charge is 2.29. The number of hydrogen-bond acceptors (Lipinski definition) is 4. The minimum absolute atomic E-state index is 0.0405. The van der Waals surface area contributed by atoms with Crippen molar-refractivity contribution in [3.05, 3.63) is 24.3 Å². The molecule has 1 amide bonds. The maximum absolute atomic E-state index is 12.0. The van der Waals surface area contributed by atoms with Crippen molar-refractivity contribution in [1.82, 2.24) is 4.31 Å². The Kier molecular flexibility index (Phi) is 6.01. The quantitative estimate of drug-likeness (QED) is 0.826. The lowest BCUT2D eigenvalue weighted by molar-refractivity contribution is -0.116. The van der Waals surface area contributed by atoms with Gasteiger partial charge in [0.05, 0.1) is 13.4 Å². The van der Waals surface area contributed by atoms with E-state index < -0.39 is 10.0 Å². The molecule has 0 radical (unpaired) electrons. The Hall–Kier alpha value is -1.60. The summed E-state index contributed by atoms with van der Waals surface area (Å²) in [6, 6.07) is 7.07. The summed E-state index contributed by atoms with van der Waals surface area (Å²) >= 11 is 0. The number of hydrogen-bond donors (Lipinski definition) is 1. The first-order valence-electron chi connectivity index (χ1n) is 7.81. The van der Waals surface area contributed by atoms with Crippen LogP contribution in [0.5, 0.6) is 5.75 Å². The fourth-order valence-electron chi connectivity index (χ4n) is 2.92. The normalized spacial score (nSPS) is 15.8. The van der Waals surface area contributed by atoms with Crippen molar-refractivity contribution >= 4 is 21.6 Å². The highest BCUT2D eigenvalue weighted by molar-refractivity contribution is 7.88. The number of anilines is 1. The molecule has 0 aliphatic heterocycles. The van der Waals surface area contributed by atoms with Gasteiger partial charge in [-0.1, -0.05) is 12.8 Å². The van der Waals surface area contributed by atoms with E-state index in [1.54, 1.807) is 31.4 Å². The minimum Gasteiger partial charge on any atom is -0.497 e. The average molecular weight is 340 g/mol. The molecule has 1 N–H and O–H groups in total. The van der Waals surface area contributed by atoms with E-state index in [1.165, 1.54) is 10.6 Å². The Morgan fingerprint density at radius 2 is 1.87 bits per heavy atom. The van der Waals surface area contributed by atoms with Gasteiger partial charge in [0, 0.05) is 24.7 Å². The summed E-state index contributed by atoms with van der Waals surface area (Å²) in [7, 11) is -1.71. The van der Waals surface area contributed by atoms with Crippen LogP contribution in [-0.4, -0.2) is 44.6 Å². The third kappa shape index (κ3) is 5.21. The molecular weight excluding hydrogens is 316 g/mol. The maximum Gasteiger partial charge on any atom is 0.225 e. The van der Waals surface area contributed by atoms with Gasteiger partial charge in [-0.25, -0.2) is 8.42 Å². The average Bonchev–Trinajstić information content (AvgIpc) is 3.01. The summed E-state index contributed by atoms with van der Waals surface area (Å²) in [5.74, 6) is 0.522. The number of carbonyl (C=O) groups excluding carboxylic acids is 1. The third-order valence-electron chi connectivity index (χ3n) is 4.09. The van der Waals surface area contributed by atoms with E-state index in [4.69, 9.17) is 4.74 Å². The summed E-state index contributed by atoms with van der Waals surface area (Å²) in [6.45, 7) is 0.228. The van der Waals surface area contributed by atoms with Crippen LogP contribution >= 0.6 is 0 Å². The molecule has 1 aromatic rings. The van der Waals surface area contributed by atoms with Crippen molar-refractivity contribution in [3.63, 3.8) is 0 Å². The molecule has 6 nitrogen and oxygen atoms in total. The van der Waals surface area contributed by atoms with Gasteiger partial charge in [-0.2, -0.15) is 4.31 Å². The number of carbonyl (C=O) groups is 1. The molecule has 0 bridgehead atoms. The first kappa shape index (κ1) is 17.7. The standard InChI is InChI=1S/C16H24N2O4S/c1-22-15-9-7-13(8-10-15)17-16(19)11-12-18(23(2,20)21)14-5-3-4-6-14/h7-10,14H,3-6,11-12H2,1-2H3,(H,17,19). The molecule has 1 fully saturated rings. The lowest BCUT2D eigenvalue weighted by atomic mass is 10.2. The number of nitrogens with zero attached hydrogens (tertiary/aromatic N) is 1. The number of methoxy groups -OCH3 is 1. The van der Waals surface area contributed by atoms with E-state index in [1.807, 2.05) is 0 Å². The Morgan fingerprint density at radius 3 is 2.39 bits per heavy atom. The summed E-state index contributed by atoms with van der Waals surface area (Å²) in [6.07, 6.45) is 5.23. The van der Waals surface area contributed by atoms with Crippen molar-refractivity contribution < 1.29 is 17.9 Å². The number of ether oxygens (including phenoxy) is 1. The molecule has 1 aliphatic rings. The van der Waals surface area contributed by atoms with Crippen LogP contribution in [0, 0.1) is 0 Å². The Morgan fingerprint density at radius 1 is 1.26 bits per heavy atom. The summed E-state index contributed by atoms with van der Waals surface area (Å²) in [5, 5.41) is 2.77. The zero-order valence-electron chi connectivity index (χ0n) is 13.6. The lowest BCUT2D eigenvalue weighted by Gasteiger charge is -2.26. The number of sulfonamides is 1. The summed E-state index contributed by atoms with van der Waals surface area (Å²) < 4.78 is 30.4. The SMILES string of the molecule is COc1ccc(NC(=O)CCN(C2CCCC2)S(C)(=O)=O)cc1. The summed E-state index contributed by atoms with van der Waals surface area (Å²) in [4.78, 5) is 12.0. The zero-order valence-corrected chi connectivity index (χ0v) is 14.4. The van der Waals surface area contributed by atoms with E-state index in [2.05, 4.69) is 5.32 Å². The molecule has 23 heavy (non-hydrogen) atoms. The molecule has 1 saturated carbocycles.